The van der Waals surface area contributed by atoms with E-state index < -0.39 is 0 Å². The average molecular weight is 422 g/mol. The van der Waals surface area contributed by atoms with Crippen LogP contribution in [0.4, 0.5) is 11.5 Å². The first-order valence-electron chi connectivity index (χ1n) is 9.72. The fraction of sp³-hybridized carbons (Fsp3) is 0.261. The highest BCUT2D eigenvalue weighted by molar-refractivity contribution is 8.27. The lowest BCUT2D eigenvalue weighted by Gasteiger charge is -2.26. The molecule has 6 heteroatoms. The number of carbonyl (C=O) groups is 1. The van der Waals surface area contributed by atoms with Crippen LogP contribution in [0.15, 0.2) is 71.4 Å². The molecule has 0 saturated carbocycles. The van der Waals surface area contributed by atoms with E-state index >= 15 is 0 Å². The lowest BCUT2D eigenvalue weighted by molar-refractivity contribution is -0.113. The third-order valence-electron chi connectivity index (χ3n) is 5.31. The first-order chi connectivity index (χ1) is 13.9. The number of para-hydroxylation sites is 1. The standard InChI is InChI=1S/C23H23N3OS2/c1-4-15-25-17-10-6-5-9-16(17)23(2,3)19(25)13-12-18-21(27)26(22(28)29-18)20-11-7-8-14-24-20/h5-14H,4,15H2,1-3H3/b18-12-,19-13+. The zero-order valence-corrected chi connectivity index (χ0v) is 18.4. The van der Waals surface area contributed by atoms with Crippen molar-refractivity contribution in [2.24, 2.45) is 0 Å². The van der Waals surface area contributed by atoms with Gasteiger partial charge in [-0.05, 0) is 42.3 Å². The minimum atomic E-state index is -0.129. The second-order valence-electron chi connectivity index (χ2n) is 7.57. The van der Waals surface area contributed by atoms with Gasteiger partial charge in [0.15, 0.2) is 4.32 Å². The van der Waals surface area contributed by atoms with Crippen LogP contribution in [0, 0.1) is 0 Å². The summed E-state index contributed by atoms with van der Waals surface area (Å²) in [6.45, 7) is 7.60. The van der Waals surface area contributed by atoms with Crippen LogP contribution in [-0.2, 0) is 10.2 Å². The molecule has 2 aliphatic heterocycles. The van der Waals surface area contributed by atoms with Gasteiger partial charge in [0.05, 0.1) is 4.91 Å². The number of rotatable bonds is 4. The Labute approximate surface area is 181 Å². The maximum Gasteiger partial charge on any atom is 0.271 e. The summed E-state index contributed by atoms with van der Waals surface area (Å²) in [4.78, 5) is 21.7. The molecule has 1 aromatic carbocycles. The second kappa shape index (κ2) is 7.76. The fourth-order valence-electron chi connectivity index (χ4n) is 3.93. The molecule has 0 radical (unpaired) electrons. The molecular weight excluding hydrogens is 398 g/mol. The van der Waals surface area contributed by atoms with E-state index in [-0.39, 0.29) is 11.3 Å². The Morgan fingerprint density at radius 2 is 1.90 bits per heavy atom. The molecule has 4 nitrogen and oxygen atoms in total. The van der Waals surface area contributed by atoms with Gasteiger partial charge in [-0.3, -0.25) is 4.79 Å². The molecule has 3 heterocycles. The van der Waals surface area contributed by atoms with Gasteiger partial charge in [0.2, 0.25) is 0 Å². The van der Waals surface area contributed by atoms with Gasteiger partial charge in [0.1, 0.15) is 5.82 Å². The smallest absolute Gasteiger partial charge is 0.271 e. The molecule has 1 fully saturated rings. The third-order valence-corrected chi connectivity index (χ3v) is 6.63. The summed E-state index contributed by atoms with van der Waals surface area (Å²) in [6, 6.07) is 14.0. The summed E-state index contributed by atoms with van der Waals surface area (Å²) in [5.41, 5.74) is 3.63. The maximum atomic E-state index is 13.0. The monoisotopic (exact) mass is 421 g/mol. The average Bonchev–Trinajstić information content (AvgIpc) is 3.12. The van der Waals surface area contributed by atoms with Gasteiger partial charge in [-0.15, -0.1) is 0 Å². The Balaban J connectivity index is 1.70. The molecule has 29 heavy (non-hydrogen) atoms. The zero-order valence-electron chi connectivity index (χ0n) is 16.8. The van der Waals surface area contributed by atoms with E-state index in [1.807, 2.05) is 18.2 Å². The Hall–Kier alpha value is -2.44. The van der Waals surface area contributed by atoms with Crippen LogP contribution in [0.25, 0.3) is 0 Å². The number of hydrogen-bond acceptors (Lipinski definition) is 5. The van der Waals surface area contributed by atoms with E-state index in [0.29, 0.717) is 15.0 Å². The molecule has 0 bridgehead atoms. The van der Waals surface area contributed by atoms with E-state index in [9.17, 15) is 4.79 Å². The van der Waals surface area contributed by atoms with Gasteiger partial charge in [-0.25, -0.2) is 9.88 Å². The third kappa shape index (κ3) is 3.40. The van der Waals surface area contributed by atoms with Crippen LogP contribution >= 0.6 is 24.0 Å². The number of amides is 1. The van der Waals surface area contributed by atoms with E-state index in [2.05, 4.69) is 61.0 Å². The topological polar surface area (TPSA) is 36.4 Å². The molecule has 2 aliphatic rings. The normalized spacial score (nSPS) is 20.8. The number of aromatic nitrogens is 1. The Morgan fingerprint density at radius 3 is 2.62 bits per heavy atom. The van der Waals surface area contributed by atoms with Crippen molar-refractivity contribution in [2.45, 2.75) is 32.6 Å². The summed E-state index contributed by atoms with van der Waals surface area (Å²) in [5.74, 6) is 0.443. The van der Waals surface area contributed by atoms with Crippen molar-refractivity contribution in [1.82, 2.24) is 4.98 Å². The summed E-state index contributed by atoms with van der Waals surface area (Å²) >= 11 is 6.77. The second-order valence-corrected chi connectivity index (χ2v) is 9.25. The first-order valence-corrected chi connectivity index (χ1v) is 10.9. The van der Waals surface area contributed by atoms with Crippen molar-refractivity contribution in [3.05, 3.63) is 77.0 Å². The fourth-order valence-corrected chi connectivity index (χ4v) is 5.14. The predicted octanol–water partition coefficient (Wildman–Crippen LogP) is 5.42. The number of pyridine rings is 1. The van der Waals surface area contributed by atoms with E-state index in [4.69, 9.17) is 12.2 Å². The van der Waals surface area contributed by atoms with Crippen LogP contribution < -0.4 is 9.80 Å². The van der Waals surface area contributed by atoms with E-state index in [1.54, 1.807) is 12.3 Å². The molecule has 0 N–H and O–H groups in total. The highest BCUT2D eigenvalue weighted by Crippen LogP contribution is 2.47. The highest BCUT2D eigenvalue weighted by atomic mass is 32.2. The number of thioether (sulfide) groups is 1. The van der Waals surface area contributed by atoms with Crippen molar-refractivity contribution in [1.29, 1.82) is 0 Å². The van der Waals surface area contributed by atoms with Crippen LogP contribution in [0.1, 0.15) is 32.8 Å². The van der Waals surface area contributed by atoms with Gasteiger partial charge in [-0.1, -0.05) is 69.0 Å². The van der Waals surface area contributed by atoms with Gasteiger partial charge in [-0.2, -0.15) is 0 Å². The van der Waals surface area contributed by atoms with Gasteiger partial charge >= 0.3 is 0 Å². The lowest BCUT2D eigenvalue weighted by Crippen LogP contribution is -2.28. The number of nitrogens with zero attached hydrogens (tertiary/aromatic N) is 3. The minimum Gasteiger partial charge on any atom is -0.344 e. The minimum absolute atomic E-state index is 0.120. The summed E-state index contributed by atoms with van der Waals surface area (Å²) in [5, 5.41) is 0. The van der Waals surface area contributed by atoms with E-state index in [0.717, 1.165) is 13.0 Å². The summed E-state index contributed by atoms with van der Waals surface area (Å²) in [6.07, 6.45) is 6.71. The molecule has 1 aromatic heterocycles. The van der Waals surface area contributed by atoms with Crippen LogP contribution in [0.3, 0.4) is 0 Å². The number of fused-ring (bicyclic) bond motifs is 1. The van der Waals surface area contributed by atoms with Crippen LogP contribution in [0.5, 0.6) is 0 Å². The van der Waals surface area contributed by atoms with Crippen molar-refractivity contribution >= 4 is 45.7 Å². The molecule has 0 atom stereocenters. The molecular formula is C23H23N3OS2. The SMILES string of the molecule is CCCN1/C(=C/C=C2\SC(=S)N(c3ccccn3)C2=O)C(C)(C)c2ccccc21. The highest BCUT2D eigenvalue weighted by Gasteiger charge is 2.39. The number of carbonyl (C=O) groups excluding carboxylic acids is 1. The predicted molar refractivity (Wildman–Crippen MR) is 125 cm³/mol. The van der Waals surface area contributed by atoms with Crippen LogP contribution in [0.2, 0.25) is 0 Å². The van der Waals surface area contributed by atoms with Crippen molar-refractivity contribution in [3.63, 3.8) is 0 Å². The van der Waals surface area contributed by atoms with Gasteiger partial charge < -0.3 is 4.90 Å². The van der Waals surface area contributed by atoms with Crippen molar-refractivity contribution in [2.75, 3.05) is 16.3 Å². The Morgan fingerprint density at radius 1 is 1.14 bits per heavy atom. The lowest BCUT2D eigenvalue weighted by atomic mass is 9.84. The van der Waals surface area contributed by atoms with E-state index in [1.165, 1.54) is 33.6 Å². The van der Waals surface area contributed by atoms with Gasteiger partial charge in [0, 0.05) is 29.5 Å². The Kier molecular flexibility index (Phi) is 5.32. The van der Waals surface area contributed by atoms with Crippen molar-refractivity contribution < 1.29 is 4.79 Å². The molecule has 4 rings (SSSR count). The zero-order chi connectivity index (χ0) is 20.6. The van der Waals surface area contributed by atoms with Gasteiger partial charge in [0.25, 0.3) is 5.91 Å². The summed E-state index contributed by atoms with van der Waals surface area (Å²) < 4.78 is 0.512. The largest absolute Gasteiger partial charge is 0.344 e. The summed E-state index contributed by atoms with van der Waals surface area (Å²) in [7, 11) is 0. The molecule has 0 aliphatic carbocycles. The van der Waals surface area contributed by atoms with Crippen LogP contribution in [-0.4, -0.2) is 21.8 Å². The maximum absolute atomic E-state index is 13.0. The molecule has 1 saturated heterocycles. The Bertz CT molecular complexity index is 1030. The number of hydrogen-bond donors (Lipinski definition) is 0. The molecule has 1 amide bonds. The quantitative estimate of drug-likeness (QED) is 0.486. The molecule has 2 aromatic rings. The number of anilines is 2. The number of allylic oxidation sites excluding steroid dienone is 3. The molecule has 0 unspecified atom stereocenters. The first kappa shape index (κ1) is 19.9. The number of benzene rings is 1. The number of thiocarbonyl (C=S) groups is 1. The van der Waals surface area contributed by atoms with Crippen molar-refractivity contribution in [3.8, 4) is 0 Å². The molecule has 0 spiro atoms. The molecule has 148 valence electrons.